The maximum Gasteiger partial charge on any atom is 0.191 e. The van der Waals surface area contributed by atoms with Crippen molar-refractivity contribution in [2.24, 2.45) is 7.05 Å². The van der Waals surface area contributed by atoms with Crippen LogP contribution in [0, 0.1) is 6.92 Å². The number of rotatable bonds is 1. The molecular formula is C10H11N2O+. The molecule has 0 spiro atoms. The Balaban J connectivity index is 2.46. The summed E-state index contributed by atoms with van der Waals surface area (Å²) < 4.78 is 7.12. The molecule has 66 valence electrons. The molecule has 13 heavy (non-hydrogen) atoms. The lowest BCUT2D eigenvalue weighted by molar-refractivity contribution is -0.671. The molecule has 0 atom stereocenters. The van der Waals surface area contributed by atoms with Gasteiger partial charge in [0.15, 0.2) is 18.3 Å². The molecule has 2 aromatic rings. The number of aromatic nitrogens is 2. The summed E-state index contributed by atoms with van der Waals surface area (Å²) in [6, 6.07) is 4.00. The van der Waals surface area contributed by atoms with Crippen molar-refractivity contribution in [3.63, 3.8) is 0 Å². The van der Waals surface area contributed by atoms with E-state index in [2.05, 4.69) is 4.98 Å². The van der Waals surface area contributed by atoms with Crippen molar-refractivity contribution < 1.29 is 8.98 Å². The molecule has 0 radical (unpaired) electrons. The highest BCUT2D eigenvalue weighted by Crippen LogP contribution is 2.15. The van der Waals surface area contributed by atoms with Gasteiger partial charge in [-0.15, -0.1) is 0 Å². The molecule has 0 aliphatic rings. The van der Waals surface area contributed by atoms with Crippen LogP contribution in [0.5, 0.6) is 0 Å². The summed E-state index contributed by atoms with van der Waals surface area (Å²) in [5.41, 5.74) is 1.95. The van der Waals surface area contributed by atoms with E-state index in [-0.39, 0.29) is 0 Å². The van der Waals surface area contributed by atoms with Gasteiger partial charge in [-0.3, -0.25) is 0 Å². The zero-order valence-electron chi connectivity index (χ0n) is 7.69. The van der Waals surface area contributed by atoms with Gasteiger partial charge in [0.25, 0.3) is 0 Å². The zero-order valence-corrected chi connectivity index (χ0v) is 7.69. The van der Waals surface area contributed by atoms with Crippen molar-refractivity contribution in [2.75, 3.05) is 0 Å². The van der Waals surface area contributed by atoms with Gasteiger partial charge in [-0.1, -0.05) is 0 Å². The molecule has 0 aliphatic carbocycles. The maximum atomic E-state index is 5.14. The third-order valence-corrected chi connectivity index (χ3v) is 1.85. The fourth-order valence-corrected chi connectivity index (χ4v) is 1.24. The van der Waals surface area contributed by atoms with Gasteiger partial charge in [0, 0.05) is 13.0 Å². The monoisotopic (exact) mass is 175 g/mol. The van der Waals surface area contributed by atoms with Gasteiger partial charge in [-0.05, 0) is 6.07 Å². The van der Waals surface area contributed by atoms with E-state index in [4.69, 9.17) is 4.42 Å². The van der Waals surface area contributed by atoms with E-state index in [1.54, 1.807) is 6.26 Å². The largest absolute Gasteiger partial charge is 0.449 e. The normalized spacial score (nSPS) is 10.3. The molecule has 0 fully saturated rings. The molecule has 0 N–H and O–H groups in total. The predicted molar refractivity (Wildman–Crippen MR) is 47.9 cm³/mol. The van der Waals surface area contributed by atoms with E-state index in [0.29, 0.717) is 5.89 Å². The van der Waals surface area contributed by atoms with Crippen molar-refractivity contribution in [1.29, 1.82) is 0 Å². The molecule has 0 amide bonds. The van der Waals surface area contributed by atoms with Crippen molar-refractivity contribution in [1.82, 2.24) is 4.98 Å². The van der Waals surface area contributed by atoms with Crippen LogP contribution in [0.1, 0.15) is 5.89 Å². The summed E-state index contributed by atoms with van der Waals surface area (Å²) in [5, 5.41) is 0. The average Bonchev–Trinajstić information content (AvgIpc) is 2.52. The first-order chi connectivity index (χ1) is 6.25. The summed E-state index contributed by atoms with van der Waals surface area (Å²) in [7, 11) is 1.98. The van der Waals surface area contributed by atoms with Crippen LogP contribution in [0.15, 0.2) is 35.2 Å². The number of oxazole rings is 1. The lowest BCUT2D eigenvalue weighted by Crippen LogP contribution is -2.26. The Morgan fingerprint density at radius 3 is 2.92 bits per heavy atom. The Hall–Kier alpha value is -1.64. The summed E-state index contributed by atoms with van der Waals surface area (Å²) in [6.45, 7) is 1.84. The highest BCUT2D eigenvalue weighted by atomic mass is 16.3. The zero-order chi connectivity index (χ0) is 9.26. The Kier molecular flexibility index (Phi) is 1.85. The fourth-order valence-electron chi connectivity index (χ4n) is 1.24. The van der Waals surface area contributed by atoms with Gasteiger partial charge >= 0.3 is 0 Å². The first-order valence-electron chi connectivity index (χ1n) is 4.13. The summed E-state index contributed by atoms with van der Waals surface area (Å²) in [5.74, 6) is 0.696. The average molecular weight is 175 g/mol. The van der Waals surface area contributed by atoms with Gasteiger partial charge in [-0.2, -0.15) is 0 Å². The Morgan fingerprint density at radius 2 is 2.31 bits per heavy atom. The van der Waals surface area contributed by atoms with Crippen LogP contribution >= 0.6 is 0 Å². The van der Waals surface area contributed by atoms with Gasteiger partial charge in [0.1, 0.15) is 19.0 Å². The molecule has 0 saturated heterocycles. The number of hydrogen-bond acceptors (Lipinski definition) is 2. The summed E-state index contributed by atoms with van der Waals surface area (Å²) >= 11 is 0. The van der Waals surface area contributed by atoms with E-state index in [1.807, 2.05) is 43.1 Å². The quantitative estimate of drug-likeness (QED) is 0.614. The SMILES string of the molecule is Cc1nc(-c2ccc[n+](C)c2)co1. The number of aryl methyl sites for hydroxylation is 2. The smallest absolute Gasteiger partial charge is 0.191 e. The second kappa shape index (κ2) is 3.01. The molecular weight excluding hydrogens is 164 g/mol. The van der Waals surface area contributed by atoms with Crippen molar-refractivity contribution >= 4 is 0 Å². The molecule has 2 rings (SSSR count). The van der Waals surface area contributed by atoms with Crippen molar-refractivity contribution in [3.8, 4) is 11.3 Å². The number of pyridine rings is 1. The van der Waals surface area contributed by atoms with E-state index in [1.165, 1.54) is 0 Å². The lowest BCUT2D eigenvalue weighted by Gasteiger charge is -1.91. The number of hydrogen-bond donors (Lipinski definition) is 0. The molecule has 0 aromatic carbocycles. The molecule has 2 heterocycles. The lowest BCUT2D eigenvalue weighted by atomic mass is 10.2. The first kappa shape index (κ1) is 7.98. The van der Waals surface area contributed by atoms with Crippen molar-refractivity contribution in [2.45, 2.75) is 6.92 Å². The van der Waals surface area contributed by atoms with Gasteiger partial charge in [-0.25, -0.2) is 9.55 Å². The fraction of sp³-hybridized carbons (Fsp3) is 0.200. The standard InChI is InChI=1S/C10H11N2O/c1-8-11-10(7-13-8)9-4-3-5-12(2)6-9/h3-7H,1-2H3/q+1. The molecule has 2 aromatic heterocycles. The first-order valence-corrected chi connectivity index (χ1v) is 4.13. The molecule has 3 nitrogen and oxygen atoms in total. The summed E-state index contributed by atoms with van der Waals surface area (Å²) in [6.07, 6.45) is 5.67. The van der Waals surface area contributed by atoms with E-state index in [0.717, 1.165) is 11.3 Å². The van der Waals surface area contributed by atoms with Crippen LogP contribution in [0.2, 0.25) is 0 Å². The van der Waals surface area contributed by atoms with Crippen LogP contribution in [0.25, 0.3) is 11.3 Å². The molecule has 0 saturated carbocycles. The van der Waals surface area contributed by atoms with Crippen LogP contribution in [0.4, 0.5) is 0 Å². The van der Waals surface area contributed by atoms with Crippen LogP contribution in [0.3, 0.4) is 0 Å². The second-order valence-corrected chi connectivity index (χ2v) is 3.01. The van der Waals surface area contributed by atoms with Crippen LogP contribution in [-0.2, 0) is 7.05 Å². The summed E-state index contributed by atoms with van der Waals surface area (Å²) in [4.78, 5) is 4.24. The highest BCUT2D eigenvalue weighted by Gasteiger charge is 2.05. The Morgan fingerprint density at radius 1 is 1.46 bits per heavy atom. The third kappa shape index (κ3) is 1.59. The minimum absolute atomic E-state index is 0.696. The van der Waals surface area contributed by atoms with Crippen LogP contribution in [-0.4, -0.2) is 4.98 Å². The van der Waals surface area contributed by atoms with E-state index < -0.39 is 0 Å². The predicted octanol–water partition coefficient (Wildman–Crippen LogP) is 1.47. The van der Waals surface area contributed by atoms with E-state index >= 15 is 0 Å². The van der Waals surface area contributed by atoms with Crippen LogP contribution < -0.4 is 4.57 Å². The second-order valence-electron chi connectivity index (χ2n) is 3.01. The Bertz CT molecular complexity index is 420. The highest BCUT2D eigenvalue weighted by molar-refractivity contribution is 5.55. The number of nitrogens with zero attached hydrogens (tertiary/aromatic N) is 2. The van der Waals surface area contributed by atoms with Gasteiger partial charge in [0.05, 0.1) is 5.56 Å². The molecule has 0 unspecified atom stereocenters. The molecule has 3 heteroatoms. The molecule has 0 bridgehead atoms. The minimum atomic E-state index is 0.696. The van der Waals surface area contributed by atoms with Crippen molar-refractivity contribution in [3.05, 3.63) is 36.7 Å². The molecule has 0 aliphatic heterocycles. The van der Waals surface area contributed by atoms with Gasteiger partial charge < -0.3 is 4.42 Å². The maximum absolute atomic E-state index is 5.14. The van der Waals surface area contributed by atoms with Gasteiger partial charge in [0.2, 0.25) is 0 Å². The third-order valence-electron chi connectivity index (χ3n) is 1.85. The Labute approximate surface area is 76.7 Å². The van der Waals surface area contributed by atoms with E-state index in [9.17, 15) is 0 Å². The minimum Gasteiger partial charge on any atom is -0.449 e. The topological polar surface area (TPSA) is 29.9 Å².